The lowest BCUT2D eigenvalue weighted by Crippen LogP contribution is -2.46. The number of fused-ring (bicyclic) bond motifs is 3. The Kier molecular flexibility index (Phi) is 7.43. The van der Waals surface area contributed by atoms with E-state index >= 15 is 0 Å². The zero-order valence-electron chi connectivity index (χ0n) is 21.1. The molecule has 4 atom stereocenters. The van der Waals surface area contributed by atoms with Crippen LogP contribution in [0.15, 0.2) is 64.1 Å². The Morgan fingerprint density at radius 1 is 1.16 bits per heavy atom. The molecule has 2 amide bonds. The first kappa shape index (κ1) is 26.0. The maximum absolute atomic E-state index is 13.1. The summed E-state index contributed by atoms with van der Waals surface area (Å²) in [4.78, 5) is 27.1. The summed E-state index contributed by atoms with van der Waals surface area (Å²) >= 11 is 3.49. The van der Waals surface area contributed by atoms with Crippen LogP contribution < -0.4 is 0 Å². The molecule has 2 aromatic rings. The number of nitrogens with zero attached hydrogens (tertiary/aromatic N) is 1. The minimum atomic E-state index is -0.984. The average Bonchev–Trinajstić information content (AvgIpc) is 3.11. The highest BCUT2D eigenvalue weighted by Crippen LogP contribution is 2.51. The molecule has 0 bridgehead atoms. The molecule has 0 radical (unpaired) electrons. The lowest BCUT2D eigenvalue weighted by Gasteiger charge is -2.43. The van der Waals surface area contributed by atoms with E-state index in [9.17, 15) is 19.7 Å². The van der Waals surface area contributed by atoms with Crippen molar-refractivity contribution in [2.75, 3.05) is 7.05 Å². The number of rotatable bonds is 6. The predicted octanol–water partition coefficient (Wildman–Crippen LogP) is 5.31. The van der Waals surface area contributed by atoms with Gasteiger partial charge < -0.3 is 14.8 Å². The third-order valence-corrected chi connectivity index (χ3v) is 8.59. The number of aromatic hydroxyl groups is 1. The van der Waals surface area contributed by atoms with Crippen LogP contribution in [0.25, 0.3) is 11.6 Å². The fourth-order valence-corrected chi connectivity index (χ4v) is 6.71. The van der Waals surface area contributed by atoms with Crippen molar-refractivity contribution < 1.29 is 24.4 Å². The molecule has 2 aliphatic heterocycles. The molecule has 2 fully saturated rings. The van der Waals surface area contributed by atoms with E-state index in [1.165, 1.54) is 10.5 Å². The quantitative estimate of drug-likeness (QED) is 0.215. The Morgan fingerprint density at radius 2 is 1.92 bits per heavy atom. The number of allylic oxidation sites excluding steroid dienone is 2. The van der Waals surface area contributed by atoms with Crippen molar-refractivity contribution in [3.63, 3.8) is 0 Å². The van der Waals surface area contributed by atoms with Gasteiger partial charge in [-0.1, -0.05) is 58.8 Å². The third kappa shape index (κ3) is 4.94. The van der Waals surface area contributed by atoms with Gasteiger partial charge in [-0.25, -0.2) is 0 Å². The summed E-state index contributed by atoms with van der Waals surface area (Å²) in [6, 6.07) is 15.4. The monoisotopic (exact) mass is 563 g/mol. The summed E-state index contributed by atoms with van der Waals surface area (Å²) in [6.45, 7) is 2.08. The van der Waals surface area contributed by atoms with Crippen molar-refractivity contribution >= 4 is 46.5 Å². The van der Waals surface area contributed by atoms with E-state index in [0.29, 0.717) is 31.1 Å². The van der Waals surface area contributed by atoms with E-state index in [2.05, 4.69) is 22.9 Å². The van der Waals surface area contributed by atoms with Crippen molar-refractivity contribution in [3.8, 4) is 5.75 Å². The van der Waals surface area contributed by atoms with Crippen LogP contribution in [0.4, 0.5) is 0 Å². The molecule has 5 rings (SSSR count). The molecule has 0 saturated carbocycles. The summed E-state index contributed by atoms with van der Waals surface area (Å²) in [6.07, 6.45) is 4.58. The van der Waals surface area contributed by atoms with E-state index in [1.54, 1.807) is 19.2 Å². The van der Waals surface area contributed by atoms with Gasteiger partial charge in [0.15, 0.2) is 0 Å². The molecular weight excluding hydrogens is 533 g/mol. The normalized spacial score (nSPS) is 26.0. The number of carbonyl (C=O) groups is 2. The number of likely N-dealkylation sites (tertiary alicyclic amines) is 1. The Morgan fingerprint density at radius 3 is 2.65 bits per heavy atom. The molecule has 0 unspecified atom stereocenters. The van der Waals surface area contributed by atoms with E-state index in [-0.39, 0.29) is 35.5 Å². The van der Waals surface area contributed by atoms with Crippen molar-refractivity contribution in [3.05, 3.63) is 75.3 Å². The Labute approximate surface area is 226 Å². The molecule has 2 N–H and O–H groups in total. The summed E-state index contributed by atoms with van der Waals surface area (Å²) in [5.41, 5.74) is 5.07. The minimum Gasteiger partial charge on any atom is -0.507 e. The summed E-state index contributed by atoms with van der Waals surface area (Å²) in [5, 5.41) is 21.2. The van der Waals surface area contributed by atoms with Gasteiger partial charge in [0, 0.05) is 17.1 Å². The molecule has 0 spiro atoms. The van der Waals surface area contributed by atoms with Crippen molar-refractivity contribution in [1.29, 1.82) is 0 Å². The standard InChI is InChI=1S/C29H31BBrNO5/c1-3-17-15-22-27(29(35)32(2)28(22)34)23-16-30(36)37-25(26(17)23)12-9-19(18-7-5-4-6-8-18)13-20-14-21(31)10-11-24(20)33/h4-8,10-11,13-14,22-23,25,27,33,36H,3,9,12,15-16H2,1-2H3/b19-13-/t22-,23+,25-,27-/m1/s1. The average molecular weight is 564 g/mol. The smallest absolute Gasteiger partial charge is 0.455 e. The molecule has 37 heavy (non-hydrogen) atoms. The summed E-state index contributed by atoms with van der Waals surface area (Å²) < 4.78 is 6.98. The lowest BCUT2D eigenvalue weighted by molar-refractivity contribution is -0.138. The third-order valence-electron chi connectivity index (χ3n) is 8.09. The van der Waals surface area contributed by atoms with Gasteiger partial charge in [0.1, 0.15) is 5.75 Å². The van der Waals surface area contributed by atoms with Crippen LogP contribution in [0.1, 0.15) is 43.7 Å². The van der Waals surface area contributed by atoms with E-state index in [1.807, 2.05) is 42.5 Å². The first-order valence-electron chi connectivity index (χ1n) is 12.9. The topological polar surface area (TPSA) is 87.1 Å². The fraction of sp³-hybridized carbons (Fsp3) is 0.379. The molecule has 0 aromatic heterocycles. The van der Waals surface area contributed by atoms with Gasteiger partial charge in [-0.3, -0.25) is 14.5 Å². The molecule has 6 nitrogen and oxygen atoms in total. The van der Waals surface area contributed by atoms with Crippen molar-refractivity contribution in [2.45, 2.75) is 45.0 Å². The van der Waals surface area contributed by atoms with Crippen molar-refractivity contribution in [2.24, 2.45) is 17.8 Å². The Bertz CT molecular complexity index is 1280. The summed E-state index contributed by atoms with van der Waals surface area (Å²) in [5.74, 6) is -1.01. The molecule has 1 aliphatic carbocycles. The maximum atomic E-state index is 13.1. The number of benzene rings is 2. The number of carbonyl (C=O) groups excluding carboxylic acids is 2. The lowest BCUT2D eigenvalue weighted by atomic mass is 9.58. The minimum absolute atomic E-state index is 0.111. The van der Waals surface area contributed by atoms with Crippen LogP contribution in [-0.2, 0) is 14.2 Å². The highest BCUT2D eigenvalue weighted by Gasteiger charge is 2.56. The summed E-state index contributed by atoms with van der Waals surface area (Å²) in [7, 11) is 0.582. The Hall–Kier alpha value is -2.68. The SMILES string of the molecule is CCC1=C2[C@@H](CC/C(=C/c3cc(Br)ccc3O)c3ccccc3)OB(O)C[C@@H]2[C@@H]2C(=O)N(C)C(=O)[C@@H]2C1. The van der Waals surface area contributed by atoms with Gasteiger partial charge in [0.05, 0.1) is 17.9 Å². The van der Waals surface area contributed by atoms with Gasteiger partial charge in [-0.05, 0) is 78.9 Å². The second-order valence-electron chi connectivity index (χ2n) is 10.2. The van der Waals surface area contributed by atoms with Crippen LogP contribution >= 0.6 is 15.9 Å². The molecular formula is C29H31BBrNO5. The first-order valence-corrected chi connectivity index (χ1v) is 13.7. The second-order valence-corrected chi connectivity index (χ2v) is 11.1. The van der Waals surface area contributed by atoms with E-state index < -0.39 is 13.0 Å². The number of imide groups is 1. The fourth-order valence-electron chi connectivity index (χ4n) is 6.33. The molecule has 3 aliphatic rings. The number of halogens is 1. The molecule has 2 saturated heterocycles. The van der Waals surface area contributed by atoms with Gasteiger partial charge in [0.25, 0.3) is 0 Å². The maximum Gasteiger partial charge on any atom is 0.455 e. The van der Waals surface area contributed by atoms with Crippen LogP contribution in [0, 0.1) is 17.8 Å². The zero-order valence-corrected chi connectivity index (χ0v) is 22.6. The number of phenols is 1. The molecule has 2 heterocycles. The largest absolute Gasteiger partial charge is 0.507 e. The van der Waals surface area contributed by atoms with Gasteiger partial charge in [-0.2, -0.15) is 0 Å². The number of phenolic OH excluding ortho intramolecular Hbond substituents is 1. The van der Waals surface area contributed by atoms with Crippen LogP contribution in [0.5, 0.6) is 5.75 Å². The van der Waals surface area contributed by atoms with Crippen LogP contribution in [0.3, 0.4) is 0 Å². The highest BCUT2D eigenvalue weighted by atomic mass is 79.9. The molecule has 8 heteroatoms. The van der Waals surface area contributed by atoms with Gasteiger partial charge >= 0.3 is 7.12 Å². The highest BCUT2D eigenvalue weighted by molar-refractivity contribution is 9.10. The number of hydrogen-bond donors (Lipinski definition) is 2. The second kappa shape index (κ2) is 10.6. The van der Waals surface area contributed by atoms with E-state index in [4.69, 9.17) is 4.65 Å². The van der Waals surface area contributed by atoms with Crippen molar-refractivity contribution in [1.82, 2.24) is 4.90 Å². The molecule has 192 valence electrons. The van der Waals surface area contributed by atoms with E-state index in [0.717, 1.165) is 27.6 Å². The number of amides is 2. The van der Waals surface area contributed by atoms with Gasteiger partial charge in [-0.15, -0.1) is 0 Å². The Balaban J connectivity index is 1.48. The predicted molar refractivity (Wildman–Crippen MR) is 147 cm³/mol. The number of hydrogen-bond acceptors (Lipinski definition) is 5. The van der Waals surface area contributed by atoms with Crippen LogP contribution in [0.2, 0.25) is 6.32 Å². The molecule has 2 aromatic carbocycles. The van der Waals surface area contributed by atoms with Gasteiger partial charge in [0.2, 0.25) is 11.8 Å². The first-order chi connectivity index (χ1) is 17.8. The van der Waals surface area contributed by atoms with Crippen LogP contribution in [-0.4, -0.2) is 47.1 Å². The zero-order chi connectivity index (χ0) is 26.3.